The molecular formula is C17H23N3. The normalized spacial score (nSPS) is 16.3. The Hall–Kier alpha value is -1.77. The summed E-state index contributed by atoms with van der Waals surface area (Å²) in [6.45, 7) is 5.36. The Bertz CT molecular complexity index is 582. The van der Waals surface area contributed by atoms with Crippen molar-refractivity contribution in [2.75, 3.05) is 5.73 Å². The maximum atomic E-state index is 6.39. The van der Waals surface area contributed by atoms with Crippen LogP contribution in [-0.4, -0.2) is 9.55 Å². The van der Waals surface area contributed by atoms with E-state index >= 15 is 0 Å². The van der Waals surface area contributed by atoms with Gasteiger partial charge in [0.05, 0.1) is 5.69 Å². The van der Waals surface area contributed by atoms with E-state index in [-0.39, 0.29) is 5.92 Å². The van der Waals surface area contributed by atoms with Gasteiger partial charge in [0, 0.05) is 18.4 Å². The molecule has 106 valence electrons. The van der Waals surface area contributed by atoms with Crippen molar-refractivity contribution in [1.29, 1.82) is 0 Å². The van der Waals surface area contributed by atoms with Gasteiger partial charge < -0.3 is 10.3 Å². The highest BCUT2D eigenvalue weighted by atomic mass is 15.2. The van der Waals surface area contributed by atoms with Crippen molar-refractivity contribution in [2.45, 2.75) is 51.5 Å². The van der Waals surface area contributed by atoms with Crippen LogP contribution < -0.4 is 5.73 Å². The number of nitrogens with two attached hydrogens (primary N) is 1. The molecule has 2 N–H and O–H groups in total. The zero-order valence-electron chi connectivity index (χ0n) is 12.3. The minimum atomic E-state index is 0.256. The molecule has 1 atom stereocenters. The number of benzene rings is 1. The number of anilines is 1. The van der Waals surface area contributed by atoms with Gasteiger partial charge in [0.1, 0.15) is 11.6 Å². The monoisotopic (exact) mass is 269 g/mol. The molecule has 1 unspecified atom stereocenters. The molecule has 3 rings (SSSR count). The number of nitrogen functional groups attached to an aromatic ring is 1. The first-order valence-electron chi connectivity index (χ1n) is 7.63. The summed E-state index contributed by atoms with van der Waals surface area (Å²) in [5.74, 6) is 2.97. The van der Waals surface area contributed by atoms with Gasteiger partial charge in [-0.1, -0.05) is 44.2 Å². The molecule has 1 aromatic heterocycles. The fraction of sp³-hybridized carbons (Fsp3) is 0.471. The third kappa shape index (κ3) is 2.33. The second-order valence-corrected chi connectivity index (χ2v) is 5.80. The molecule has 3 nitrogen and oxygen atoms in total. The van der Waals surface area contributed by atoms with Gasteiger partial charge in [0.2, 0.25) is 0 Å². The van der Waals surface area contributed by atoms with Gasteiger partial charge in [-0.2, -0.15) is 0 Å². The van der Waals surface area contributed by atoms with E-state index in [4.69, 9.17) is 10.7 Å². The Kier molecular flexibility index (Phi) is 3.51. The van der Waals surface area contributed by atoms with Crippen molar-refractivity contribution in [2.24, 2.45) is 0 Å². The molecule has 0 radical (unpaired) electrons. The molecule has 1 aliphatic carbocycles. The number of hydrogen-bond acceptors (Lipinski definition) is 2. The molecule has 3 heteroatoms. The second kappa shape index (κ2) is 5.31. The van der Waals surface area contributed by atoms with Crippen LogP contribution in [-0.2, 0) is 6.54 Å². The molecule has 0 amide bonds. The van der Waals surface area contributed by atoms with Crippen LogP contribution in [0.5, 0.6) is 0 Å². The largest absolute Gasteiger partial charge is 0.384 e. The zero-order chi connectivity index (χ0) is 14.1. The Labute approximate surface area is 120 Å². The average Bonchev–Trinajstić information content (AvgIpc) is 3.27. The molecular weight excluding hydrogens is 246 g/mol. The summed E-state index contributed by atoms with van der Waals surface area (Å²) in [5, 5.41) is 0. The first-order chi connectivity index (χ1) is 9.72. The smallest absolute Gasteiger partial charge is 0.127 e. The molecule has 0 spiro atoms. The fourth-order valence-corrected chi connectivity index (χ4v) is 2.83. The Morgan fingerprint density at radius 1 is 1.30 bits per heavy atom. The first kappa shape index (κ1) is 13.2. The van der Waals surface area contributed by atoms with Crippen LogP contribution in [0.2, 0.25) is 0 Å². The van der Waals surface area contributed by atoms with Crippen molar-refractivity contribution in [3.8, 4) is 0 Å². The minimum absolute atomic E-state index is 0.256. The van der Waals surface area contributed by atoms with Crippen LogP contribution in [0.1, 0.15) is 62.0 Å². The van der Waals surface area contributed by atoms with E-state index in [9.17, 15) is 0 Å². The summed E-state index contributed by atoms with van der Waals surface area (Å²) in [7, 11) is 0. The molecule has 1 aliphatic rings. The highest BCUT2D eigenvalue weighted by Gasteiger charge is 2.31. The fourth-order valence-electron chi connectivity index (χ4n) is 2.83. The molecule has 0 saturated heterocycles. The topological polar surface area (TPSA) is 43.8 Å². The maximum Gasteiger partial charge on any atom is 0.127 e. The van der Waals surface area contributed by atoms with E-state index in [1.807, 2.05) is 6.07 Å². The molecule has 0 aliphatic heterocycles. The van der Waals surface area contributed by atoms with Crippen LogP contribution in [0.4, 0.5) is 5.82 Å². The quantitative estimate of drug-likeness (QED) is 0.894. The lowest BCUT2D eigenvalue weighted by Gasteiger charge is -2.11. The third-order valence-electron chi connectivity index (χ3n) is 4.16. The molecule has 1 fully saturated rings. The van der Waals surface area contributed by atoms with Gasteiger partial charge in [-0.3, -0.25) is 0 Å². The number of aromatic nitrogens is 2. The lowest BCUT2D eigenvalue weighted by atomic mass is 9.98. The van der Waals surface area contributed by atoms with Crippen LogP contribution in [0, 0.1) is 0 Å². The first-order valence-corrected chi connectivity index (χ1v) is 7.63. The van der Waals surface area contributed by atoms with Crippen LogP contribution in [0.15, 0.2) is 30.3 Å². The maximum absolute atomic E-state index is 6.39. The molecule has 1 heterocycles. The number of hydrogen-bond donors (Lipinski definition) is 1. The summed E-state index contributed by atoms with van der Waals surface area (Å²) in [5.41, 5.74) is 8.72. The van der Waals surface area contributed by atoms with Gasteiger partial charge in [0.25, 0.3) is 0 Å². The lowest BCUT2D eigenvalue weighted by Crippen LogP contribution is -2.07. The van der Waals surface area contributed by atoms with Gasteiger partial charge in [-0.25, -0.2) is 4.98 Å². The van der Waals surface area contributed by atoms with Gasteiger partial charge in [-0.05, 0) is 24.8 Å². The van der Waals surface area contributed by atoms with E-state index in [1.165, 1.54) is 24.2 Å². The molecule has 1 saturated carbocycles. The predicted octanol–water partition coefficient (Wildman–Crippen LogP) is 3.90. The standard InChI is InChI=1S/C17H23N3/c1-3-11-20-16(18)15(19-17(20)14-9-10-14)12(2)13-7-5-4-6-8-13/h4-8,12,14H,3,9-11,18H2,1-2H3. The zero-order valence-corrected chi connectivity index (χ0v) is 12.3. The summed E-state index contributed by atoms with van der Waals surface area (Å²) in [6, 6.07) is 10.5. The van der Waals surface area contributed by atoms with E-state index < -0.39 is 0 Å². The molecule has 1 aromatic carbocycles. The van der Waals surface area contributed by atoms with Crippen LogP contribution in [0.25, 0.3) is 0 Å². The number of imidazole rings is 1. The number of nitrogens with zero attached hydrogens (tertiary/aromatic N) is 2. The Morgan fingerprint density at radius 2 is 2.00 bits per heavy atom. The molecule has 2 aromatic rings. The van der Waals surface area contributed by atoms with Crippen molar-refractivity contribution in [1.82, 2.24) is 9.55 Å². The van der Waals surface area contributed by atoms with Crippen molar-refractivity contribution in [3.05, 3.63) is 47.4 Å². The molecule has 20 heavy (non-hydrogen) atoms. The van der Waals surface area contributed by atoms with E-state index in [0.717, 1.165) is 24.5 Å². The summed E-state index contributed by atoms with van der Waals surface area (Å²) >= 11 is 0. The Morgan fingerprint density at radius 3 is 2.60 bits per heavy atom. The van der Waals surface area contributed by atoms with Gasteiger partial charge >= 0.3 is 0 Å². The summed E-state index contributed by atoms with van der Waals surface area (Å²) in [6.07, 6.45) is 3.62. The lowest BCUT2D eigenvalue weighted by molar-refractivity contribution is 0.646. The predicted molar refractivity (Wildman–Crippen MR) is 82.9 cm³/mol. The minimum Gasteiger partial charge on any atom is -0.384 e. The highest BCUT2D eigenvalue weighted by Crippen LogP contribution is 2.42. The SMILES string of the molecule is CCCn1c(C2CC2)nc(C(C)c2ccccc2)c1N. The third-order valence-corrected chi connectivity index (χ3v) is 4.16. The van der Waals surface area contributed by atoms with E-state index in [0.29, 0.717) is 5.92 Å². The van der Waals surface area contributed by atoms with Crippen molar-refractivity contribution >= 4 is 5.82 Å². The van der Waals surface area contributed by atoms with Crippen molar-refractivity contribution in [3.63, 3.8) is 0 Å². The summed E-state index contributed by atoms with van der Waals surface area (Å²) in [4.78, 5) is 4.90. The van der Waals surface area contributed by atoms with E-state index in [2.05, 4.69) is 42.7 Å². The van der Waals surface area contributed by atoms with Gasteiger partial charge in [-0.15, -0.1) is 0 Å². The average molecular weight is 269 g/mol. The molecule has 0 bridgehead atoms. The Balaban J connectivity index is 1.99. The van der Waals surface area contributed by atoms with Gasteiger partial charge in [0.15, 0.2) is 0 Å². The summed E-state index contributed by atoms with van der Waals surface area (Å²) < 4.78 is 2.24. The van der Waals surface area contributed by atoms with E-state index in [1.54, 1.807) is 0 Å². The van der Waals surface area contributed by atoms with Crippen LogP contribution >= 0.6 is 0 Å². The van der Waals surface area contributed by atoms with Crippen molar-refractivity contribution < 1.29 is 0 Å². The second-order valence-electron chi connectivity index (χ2n) is 5.80. The number of rotatable bonds is 5. The highest BCUT2D eigenvalue weighted by molar-refractivity contribution is 5.45. The van der Waals surface area contributed by atoms with Crippen LogP contribution in [0.3, 0.4) is 0 Å².